The van der Waals surface area contributed by atoms with Crippen LogP contribution < -0.4 is 5.73 Å². The largest absolute Gasteiger partial charge is 0.383 e. The maximum Gasteiger partial charge on any atom is 0.253 e. The fourth-order valence-electron chi connectivity index (χ4n) is 3.47. The molecule has 1 fully saturated rings. The predicted molar refractivity (Wildman–Crippen MR) is 106 cm³/mol. The van der Waals surface area contributed by atoms with Gasteiger partial charge >= 0.3 is 0 Å². The van der Waals surface area contributed by atoms with Gasteiger partial charge in [-0.15, -0.1) is 0 Å². The third kappa shape index (κ3) is 3.25. The van der Waals surface area contributed by atoms with Crippen molar-refractivity contribution in [2.45, 2.75) is 19.3 Å². The van der Waals surface area contributed by atoms with Crippen molar-refractivity contribution in [2.24, 2.45) is 0 Å². The number of amides is 1. The Morgan fingerprint density at radius 1 is 1.00 bits per heavy atom. The van der Waals surface area contributed by atoms with Crippen LogP contribution in [0.1, 0.15) is 29.6 Å². The Kier molecular flexibility index (Phi) is 4.51. The van der Waals surface area contributed by atoms with Crippen LogP contribution in [0, 0.1) is 0 Å². The van der Waals surface area contributed by atoms with E-state index in [4.69, 9.17) is 17.3 Å². The van der Waals surface area contributed by atoms with Gasteiger partial charge in [-0.2, -0.15) is 0 Å². The number of rotatable bonds is 2. The number of hydrogen-bond acceptors (Lipinski definition) is 3. The number of halogens is 1. The number of anilines is 1. The van der Waals surface area contributed by atoms with E-state index in [2.05, 4.69) is 4.98 Å². The summed E-state index contributed by atoms with van der Waals surface area (Å²) in [7, 11) is 0. The van der Waals surface area contributed by atoms with E-state index in [-0.39, 0.29) is 5.91 Å². The molecule has 2 aromatic carbocycles. The Bertz CT molecular complexity index is 963. The molecule has 5 heteroatoms. The molecule has 2 heterocycles. The highest BCUT2D eigenvalue weighted by Crippen LogP contribution is 2.30. The van der Waals surface area contributed by atoms with Gasteiger partial charge in [0.1, 0.15) is 5.82 Å². The number of nitrogens with two attached hydrogens (primary N) is 1. The van der Waals surface area contributed by atoms with E-state index in [0.29, 0.717) is 16.4 Å². The summed E-state index contributed by atoms with van der Waals surface area (Å²) in [4.78, 5) is 19.0. The van der Waals surface area contributed by atoms with E-state index >= 15 is 0 Å². The van der Waals surface area contributed by atoms with Gasteiger partial charge < -0.3 is 10.6 Å². The van der Waals surface area contributed by atoms with Gasteiger partial charge in [0.05, 0.1) is 5.52 Å². The van der Waals surface area contributed by atoms with Crippen LogP contribution in [0.15, 0.2) is 48.5 Å². The number of fused-ring (bicyclic) bond motifs is 1. The summed E-state index contributed by atoms with van der Waals surface area (Å²) in [5.41, 5.74) is 9.46. The second-order valence-corrected chi connectivity index (χ2v) is 7.12. The minimum atomic E-state index is 0.104. The van der Waals surface area contributed by atoms with Crippen molar-refractivity contribution in [2.75, 3.05) is 18.8 Å². The molecule has 0 aliphatic carbocycles. The molecule has 2 N–H and O–H groups in total. The molecule has 3 aromatic rings. The van der Waals surface area contributed by atoms with Gasteiger partial charge in [-0.1, -0.05) is 23.7 Å². The van der Waals surface area contributed by atoms with Crippen LogP contribution in [0.3, 0.4) is 0 Å². The molecule has 0 unspecified atom stereocenters. The number of likely N-dealkylation sites (tertiary alicyclic amines) is 1. The van der Waals surface area contributed by atoms with Crippen molar-refractivity contribution in [3.05, 3.63) is 59.1 Å². The second kappa shape index (κ2) is 6.96. The van der Waals surface area contributed by atoms with E-state index in [0.717, 1.165) is 48.0 Å². The third-order valence-corrected chi connectivity index (χ3v) is 5.13. The summed E-state index contributed by atoms with van der Waals surface area (Å²) < 4.78 is 0. The number of nitrogen functional groups attached to an aromatic ring is 1. The lowest BCUT2D eigenvalue weighted by Crippen LogP contribution is -2.35. The minimum absolute atomic E-state index is 0.104. The van der Waals surface area contributed by atoms with Crippen molar-refractivity contribution in [3.63, 3.8) is 0 Å². The van der Waals surface area contributed by atoms with Gasteiger partial charge in [0, 0.05) is 34.6 Å². The first-order valence-corrected chi connectivity index (χ1v) is 9.25. The minimum Gasteiger partial charge on any atom is -0.383 e. The summed E-state index contributed by atoms with van der Waals surface area (Å²) >= 11 is 6.09. The smallest absolute Gasteiger partial charge is 0.253 e. The zero-order valence-corrected chi connectivity index (χ0v) is 15.2. The fourth-order valence-corrected chi connectivity index (χ4v) is 3.65. The molecule has 1 amide bonds. The number of carbonyl (C=O) groups is 1. The summed E-state index contributed by atoms with van der Waals surface area (Å²) in [6.45, 7) is 1.70. The highest BCUT2D eigenvalue weighted by atomic mass is 35.5. The van der Waals surface area contributed by atoms with E-state index in [1.165, 1.54) is 6.42 Å². The van der Waals surface area contributed by atoms with Crippen LogP contribution in [0.2, 0.25) is 5.02 Å². The molecule has 0 radical (unpaired) electrons. The van der Waals surface area contributed by atoms with Gasteiger partial charge in [-0.05, 0) is 61.2 Å². The van der Waals surface area contributed by atoms with E-state index in [1.54, 1.807) is 6.07 Å². The zero-order valence-electron chi connectivity index (χ0n) is 14.4. The van der Waals surface area contributed by atoms with Gasteiger partial charge in [0.2, 0.25) is 0 Å². The lowest BCUT2D eigenvalue weighted by atomic mass is 10.0. The first kappa shape index (κ1) is 16.9. The summed E-state index contributed by atoms with van der Waals surface area (Å²) in [6.07, 6.45) is 3.39. The van der Waals surface area contributed by atoms with Crippen LogP contribution in [0.25, 0.3) is 22.0 Å². The SMILES string of the molecule is Nc1nc2ccc(Cl)cc2cc1-c1ccc(C(=O)N2CCCCC2)cc1. The number of pyridine rings is 1. The number of nitrogens with zero attached hydrogens (tertiary/aromatic N) is 2. The Morgan fingerprint density at radius 2 is 1.73 bits per heavy atom. The molecular weight excluding hydrogens is 346 g/mol. The van der Waals surface area contributed by atoms with Gasteiger partial charge in [-0.25, -0.2) is 4.98 Å². The van der Waals surface area contributed by atoms with E-state index in [9.17, 15) is 4.79 Å². The van der Waals surface area contributed by atoms with Crippen LogP contribution in [0.4, 0.5) is 5.82 Å². The number of benzene rings is 2. The van der Waals surface area contributed by atoms with Crippen molar-refractivity contribution >= 4 is 34.2 Å². The Hall–Kier alpha value is -2.59. The highest BCUT2D eigenvalue weighted by Gasteiger charge is 2.18. The molecule has 1 aliphatic heterocycles. The standard InChI is InChI=1S/C21H20ClN3O/c22-17-8-9-19-16(12-17)13-18(20(23)24-19)14-4-6-15(7-5-14)21(26)25-10-2-1-3-11-25/h4-9,12-13H,1-3,10-11H2,(H2,23,24). The lowest BCUT2D eigenvalue weighted by Gasteiger charge is -2.26. The average molecular weight is 366 g/mol. The Morgan fingerprint density at radius 3 is 2.46 bits per heavy atom. The van der Waals surface area contributed by atoms with E-state index in [1.807, 2.05) is 47.4 Å². The molecule has 132 valence electrons. The molecule has 26 heavy (non-hydrogen) atoms. The van der Waals surface area contributed by atoms with Crippen LogP contribution >= 0.6 is 11.6 Å². The quantitative estimate of drug-likeness (QED) is 0.712. The van der Waals surface area contributed by atoms with Crippen molar-refractivity contribution < 1.29 is 4.79 Å². The first-order valence-electron chi connectivity index (χ1n) is 8.87. The van der Waals surface area contributed by atoms with Crippen molar-refractivity contribution in [1.29, 1.82) is 0 Å². The molecular formula is C21H20ClN3O. The number of carbonyl (C=O) groups excluding carboxylic acids is 1. The topological polar surface area (TPSA) is 59.2 Å². The molecule has 1 aromatic heterocycles. The molecule has 0 bridgehead atoms. The summed E-state index contributed by atoms with van der Waals surface area (Å²) in [5.74, 6) is 0.572. The zero-order chi connectivity index (χ0) is 18.1. The highest BCUT2D eigenvalue weighted by molar-refractivity contribution is 6.31. The Balaban J connectivity index is 1.65. The lowest BCUT2D eigenvalue weighted by molar-refractivity contribution is 0.0724. The molecule has 0 spiro atoms. The van der Waals surface area contributed by atoms with Crippen molar-refractivity contribution in [1.82, 2.24) is 9.88 Å². The number of aromatic nitrogens is 1. The van der Waals surface area contributed by atoms with Crippen LogP contribution in [-0.4, -0.2) is 28.9 Å². The first-order chi connectivity index (χ1) is 12.6. The normalized spacial score (nSPS) is 14.6. The van der Waals surface area contributed by atoms with Gasteiger partial charge in [0.15, 0.2) is 0 Å². The van der Waals surface area contributed by atoms with Crippen LogP contribution in [0.5, 0.6) is 0 Å². The van der Waals surface area contributed by atoms with Crippen LogP contribution in [-0.2, 0) is 0 Å². The van der Waals surface area contributed by atoms with Gasteiger partial charge in [-0.3, -0.25) is 4.79 Å². The average Bonchev–Trinajstić information content (AvgIpc) is 2.68. The van der Waals surface area contributed by atoms with Crippen molar-refractivity contribution in [3.8, 4) is 11.1 Å². The fraction of sp³-hybridized carbons (Fsp3) is 0.238. The van der Waals surface area contributed by atoms with Gasteiger partial charge in [0.25, 0.3) is 5.91 Å². The monoisotopic (exact) mass is 365 g/mol. The number of piperidine rings is 1. The molecule has 0 atom stereocenters. The second-order valence-electron chi connectivity index (χ2n) is 6.69. The van der Waals surface area contributed by atoms with E-state index < -0.39 is 0 Å². The Labute approximate surface area is 157 Å². The number of hydrogen-bond donors (Lipinski definition) is 1. The molecule has 4 nitrogen and oxygen atoms in total. The molecule has 1 aliphatic rings. The predicted octanol–water partition coefficient (Wildman–Crippen LogP) is 4.76. The third-order valence-electron chi connectivity index (χ3n) is 4.89. The molecule has 4 rings (SSSR count). The summed E-state index contributed by atoms with van der Waals surface area (Å²) in [6, 6.07) is 15.1. The molecule has 1 saturated heterocycles. The maximum atomic E-state index is 12.6. The molecule has 0 saturated carbocycles. The maximum absolute atomic E-state index is 12.6. The summed E-state index contributed by atoms with van der Waals surface area (Å²) in [5, 5.41) is 1.60.